The molecule has 0 aliphatic heterocycles. The van der Waals surface area contributed by atoms with Crippen LogP contribution in [-0.2, 0) is 48.7 Å². The SMILES string of the molecule is C.C.C.C.C.C.CCc1ccc(-c2ccccc2C)[n+](C)c1.Cc1ccccc1-c1c(C)c(C)cc[n+]1C.Cc1ccccc1-c1ccc(C(C)C)c[n+]1C.[2H]C([2H])([2H])c1c[n+](C)c(-c2ccccc2C)c(C)c1C.[2H]C([2H])([2H])c1c[n+](C)c(-c2ccccc2C)cc1C.[2H]C([2H])([2H])c1cc(C)c(-c2ccccc2C)[n+](C)c1. The maximum atomic E-state index is 7.64. The number of hydrogen-bond acceptors (Lipinski definition) is 0. The van der Waals surface area contributed by atoms with Crippen LogP contribution in [0.5, 0.6) is 0 Å². The number of aromatic nitrogens is 6. The standard InChI is InChI=1S/2C16H20N.4C15H18N.6CH4/c1-11-8-6-7-9-15(11)16-14(4)13(3)12(2)10-17(16)5;1-12(2)14-9-10-16(17(4)11-14)15-8-6-5-7-13(15)3;1-11-9-13(3)15(16(4)10-11)14-8-6-5-7-12(14)2;1-11-7-5-6-8-14(11)15-9-12(2)13(3)10-16(15)4;1-11-9-10-16(4)15(13(11)3)14-8-6-5-7-12(14)2;1-4-13-9-10-15(16(3)11-13)14-8-6-5-7-12(14)2;;;;;;/h6-10H,1-5H3;5-12H,1-4H3;3*5-10H,1-4H3;5-11H,4H2,1-3H3;6*1H4/q6*+1;;;;;;/i2D3;;1D3;3D3;;;;;;;;. The molecule has 0 saturated carbocycles. The van der Waals surface area contributed by atoms with Crippen molar-refractivity contribution < 1.29 is 39.7 Å². The van der Waals surface area contributed by atoms with Gasteiger partial charge in [-0.05, 0) is 221 Å². The molecule has 0 atom stereocenters. The molecule has 0 saturated heterocycles. The Morgan fingerprint density at radius 3 is 1.06 bits per heavy atom. The molecule has 0 spiro atoms. The highest BCUT2D eigenvalue weighted by Gasteiger charge is 2.21. The van der Waals surface area contributed by atoms with Gasteiger partial charge in [0.15, 0.2) is 37.2 Å². The number of benzene rings is 6. The zero-order valence-electron chi connectivity index (χ0n) is 71.3. The predicted molar refractivity (Wildman–Crippen MR) is 453 cm³/mol. The lowest BCUT2D eigenvalue weighted by atomic mass is 9.97. The highest BCUT2D eigenvalue weighted by atomic mass is 14.9. The maximum absolute atomic E-state index is 7.64. The Balaban J connectivity index is 0.000000672. The van der Waals surface area contributed by atoms with Gasteiger partial charge in [0.2, 0.25) is 34.2 Å². The van der Waals surface area contributed by atoms with Crippen molar-refractivity contribution in [3.63, 3.8) is 0 Å². The average molecular weight is 1410 g/mol. The summed E-state index contributed by atoms with van der Waals surface area (Å²) in [5, 5.41) is 0. The molecule has 104 heavy (non-hydrogen) atoms. The Kier molecular flexibility index (Phi) is 31.6. The lowest BCUT2D eigenvalue weighted by Gasteiger charge is -2.10. The first kappa shape index (κ1) is 76.8. The number of aryl methyl sites for hydroxylation is 19. The molecule has 0 amide bonds. The Bertz CT molecular complexity index is 5060. The summed E-state index contributed by atoms with van der Waals surface area (Å²) in [5.74, 6) is 0.576. The number of nitrogens with zero attached hydrogens (tertiary/aromatic N) is 6. The highest BCUT2D eigenvalue weighted by molar-refractivity contribution is 5.68. The fourth-order valence-electron chi connectivity index (χ4n) is 12.5. The van der Waals surface area contributed by atoms with E-state index in [1.807, 2.05) is 105 Å². The fourth-order valence-corrected chi connectivity index (χ4v) is 12.5. The third-order valence-corrected chi connectivity index (χ3v) is 18.6. The van der Waals surface area contributed by atoms with E-state index in [0.29, 0.717) is 22.6 Å². The van der Waals surface area contributed by atoms with Crippen LogP contribution in [0.25, 0.3) is 67.5 Å². The van der Waals surface area contributed by atoms with Gasteiger partial charge in [0.05, 0.1) is 0 Å². The van der Waals surface area contributed by atoms with Crippen molar-refractivity contribution in [3.8, 4) is 67.5 Å². The van der Waals surface area contributed by atoms with E-state index in [1.165, 1.54) is 89.4 Å². The van der Waals surface area contributed by atoms with E-state index in [0.717, 1.165) is 62.4 Å². The molecule has 0 fully saturated rings. The molecule has 0 aliphatic rings. The van der Waals surface area contributed by atoms with Gasteiger partial charge in [0.25, 0.3) is 0 Å². The van der Waals surface area contributed by atoms with Crippen molar-refractivity contribution in [1.29, 1.82) is 0 Å². The highest BCUT2D eigenvalue weighted by Crippen LogP contribution is 2.29. The minimum absolute atomic E-state index is 0. The second-order valence-corrected chi connectivity index (χ2v) is 26.5. The zero-order chi connectivity index (χ0) is 79.2. The van der Waals surface area contributed by atoms with Gasteiger partial charge in [-0.15, -0.1) is 0 Å². The van der Waals surface area contributed by atoms with Crippen LogP contribution < -0.4 is 27.4 Å². The molecule has 6 heteroatoms. The summed E-state index contributed by atoms with van der Waals surface area (Å²) >= 11 is 0. The third kappa shape index (κ3) is 23.4. The van der Waals surface area contributed by atoms with Gasteiger partial charge in [0, 0.05) is 114 Å². The summed E-state index contributed by atoms with van der Waals surface area (Å²) in [5.41, 5.74) is 32.2. The van der Waals surface area contributed by atoms with Crippen LogP contribution in [-0.4, -0.2) is 0 Å². The molecule has 12 rings (SSSR count). The average Bonchev–Trinajstić information content (AvgIpc) is 0.798. The number of hydrogen-bond donors (Lipinski definition) is 0. The molecule has 6 nitrogen and oxygen atoms in total. The first-order valence-electron chi connectivity index (χ1n) is 38.6. The Morgan fingerprint density at radius 1 is 0.288 bits per heavy atom. The molecule has 6 aromatic heterocycles. The van der Waals surface area contributed by atoms with Crippen molar-refractivity contribution in [1.82, 2.24) is 0 Å². The van der Waals surface area contributed by atoms with Crippen LogP contribution >= 0.6 is 0 Å². The van der Waals surface area contributed by atoms with E-state index < -0.39 is 20.6 Å². The summed E-state index contributed by atoms with van der Waals surface area (Å²) in [7, 11) is 12.0. The normalized spacial score (nSPS) is 11.6. The van der Waals surface area contributed by atoms with Crippen molar-refractivity contribution in [2.45, 2.75) is 181 Å². The summed E-state index contributed by atoms with van der Waals surface area (Å²) in [4.78, 5) is 0. The molecular formula is C98H136N6+6. The number of rotatable bonds is 8. The van der Waals surface area contributed by atoms with Gasteiger partial charge in [-0.2, -0.15) is 0 Å². The third-order valence-electron chi connectivity index (χ3n) is 18.6. The summed E-state index contributed by atoms with van der Waals surface area (Å²) in [6.45, 7) is 25.1. The van der Waals surface area contributed by atoms with Gasteiger partial charge in [-0.3, -0.25) is 0 Å². The Labute approximate surface area is 647 Å². The quantitative estimate of drug-likeness (QED) is 0.135. The second kappa shape index (κ2) is 42.7. The van der Waals surface area contributed by atoms with Gasteiger partial charge in [-0.25, -0.2) is 27.4 Å². The summed E-state index contributed by atoms with van der Waals surface area (Å²) < 4.78 is 80.4. The Morgan fingerprint density at radius 2 is 0.663 bits per heavy atom. The van der Waals surface area contributed by atoms with Crippen molar-refractivity contribution in [3.05, 3.63) is 320 Å². The largest absolute Gasteiger partial charge is 0.215 e. The molecule has 12 aromatic rings. The first-order valence-corrected chi connectivity index (χ1v) is 34.1. The maximum Gasteiger partial charge on any atom is 0.215 e. The molecule has 6 heterocycles. The van der Waals surface area contributed by atoms with Crippen molar-refractivity contribution >= 4 is 0 Å². The van der Waals surface area contributed by atoms with Crippen molar-refractivity contribution in [2.24, 2.45) is 42.3 Å². The minimum Gasteiger partial charge on any atom is -0.201 e. The fraction of sp³-hybridized carbons (Fsp3) is 0.327. The Hall–Kier alpha value is -9.78. The van der Waals surface area contributed by atoms with Crippen LogP contribution in [0.1, 0.15) is 178 Å². The van der Waals surface area contributed by atoms with E-state index in [2.05, 4.69) is 269 Å². The lowest BCUT2D eigenvalue weighted by Crippen LogP contribution is -2.33. The predicted octanol–water partition coefficient (Wildman–Crippen LogP) is 23.2. The first-order chi connectivity index (χ1) is 50.3. The van der Waals surface area contributed by atoms with Gasteiger partial charge in [-0.1, -0.05) is 175 Å². The van der Waals surface area contributed by atoms with Crippen LogP contribution in [0, 0.1) is 104 Å². The molecular weight excluding hydrogens is 1260 g/mol. The second-order valence-electron chi connectivity index (χ2n) is 26.5. The molecule has 552 valence electrons. The molecule has 6 aromatic carbocycles. The minimum atomic E-state index is -2.07. The van der Waals surface area contributed by atoms with Crippen LogP contribution in [0.15, 0.2) is 225 Å². The van der Waals surface area contributed by atoms with Crippen LogP contribution in [0.4, 0.5) is 0 Å². The van der Waals surface area contributed by atoms with Crippen LogP contribution in [0.2, 0.25) is 0 Å². The summed E-state index contributed by atoms with van der Waals surface area (Å²) in [6.07, 6.45) is 12.8. The smallest absolute Gasteiger partial charge is 0.201 e. The lowest BCUT2D eigenvalue weighted by molar-refractivity contribution is -0.661. The number of pyridine rings is 6. The van der Waals surface area contributed by atoms with Gasteiger partial charge < -0.3 is 0 Å². The molecule has 0 bridgehead atoms. The van der Waals surface area contributed by atoms with E-state index >= 15 is 0 Å². The molecule has 0 aliphatic carbocycles. The van der Waals surface area contributed by atoms with Crippen molar-refractivity contribution in [2.75, 3.05) is 0 Å². The molecule has 0 radical (unpaired) electrons. The monoisotopic (exact) mass is 1410 g/mol. The van der Waals surface area contributed by atoms with E-state index in [9.17, 15) is 0 Å². The molecule has 0 N–H and O–H groups in total. The van der Waals surface area contributed by atoms with E-state index in [1.54, 1.807) is 24.7 Å². The summed E-state index contributed by atoms with van der Waals surface area (Å²) in [6, 6.07) is 64.7. The van der Waals surface area contributed by atoms with Gasteiger partial charge >= 0.3 is 0 Å². The van der Waals surface area contributed by atoms with E-state index in [-0.39, 0.29) is 44.6 Å². The van der Waals surface area contributed by atoms with E-state index in [4.69, 9.17) is 12.3 Å². The molecule has 0 unspecified atom stereocenters. The van der Waals surface area contributed by atoms with Crippen LogP contribution in [0.3, 0.4) is 0 Å². The zero-order valence-corrected chi connectivity index (χ0v) is 62.3. The van der Waals surface area contributed by atoms with Gasteiger partial charge in [0.1, 0.15) is 42.3 Å². The topological polar surface area (TPSA) is 23.3 Å².